The van der Waals surface area contributed by atoms with E-state index in [0.717, 1.165) is 35.2 Å². The van der Waals surface area contributed by atoms with Gasteiger partial charge in [-0.1, -0.05) is 13.8 Å². The second-order valence-corrected chi connectivity index (χ2v) is 5.36. The van der Waals surface area contributed by atoms with Gasteiger partial charge in [-0.25, -0.2) is 10.1 Å². The fraction of sp³-hybridized carbons (Fsp3) is 0.545. The minimum Gasteiger partial charge on any atom is -0.408 e. The Morgan fingerprint density at radius 3 is 2.67 bits per heavy atom. The highest BCUT2D eigenvalue weighted by Gasteiger charge is 2.15. The average molecular weight is 284 g/mol. The molecule has 2 rings (SSSR count). The number of aryl methyl sites for hydroxylation is 1. The predicted octanol–water partition coefficient (Wildman–Crippen LogP) is 3.01. The fourth-order valence-electron chi connectivity index (χ4n) is 1.68. The SMILES string of the molecule is CCN(CC)Cc1nc(C)c(-c2n[nH]c(=S)o2)s1. The van der Waals surface area contributed by atoms with Gasteiger partial charge in [0.2, 0.25) is 0 Å². The van der Waals surface area contributed by atoms with Crippen LogP contribution < -0.4 is 0 Å². The Balaban J connectivity index is 2.24. The maximum atomic E-state index is 5.33. The maximum Gasteiger partial charge on any atom is 0.284 e. The van der Waals surface area contributed by atoms with E-state index in [0.29, 0.717) is 10.7 Å². The van der Waals surface area contributed by atoms with Crippen LogP contribution in [0.4, 0.5) is 0 Å². The first-order chi connectivity index (χ1) is 8.63. The summed E-state index contributed by atoms with van der Waals surface area (Å²) in [6.45, 7) is 9.17. The van der Waals surface area contributed by atoms with Crippen molar-refractivity contribution in [3.8, 4) is 10.8 Å². The molecular weight excluding hydrogens is 268 g/mol. The van der Waals surface area contributed by atoms with E-state index in [1.54, 1.807) is 11.3 Å². The van der Waals surface area contributed by atoms with Gasteiger partial charge in [-0.2, -0.15) is 0 Å². The van der Waals surface area contributed by atoms with Crippen LogP contribution in [-0.2, 0) is 6.54 Å². The molecule has 0 saturated heterocycles. The Kier molecular flexibility index (Phi) is 4.26. The van der Waals surface area contributed by atoms with Crippen LogP contribution in [-0.4, -0.2) is 33.2 Å². The lowest BCUT2D eigenvalue weighted by Crippen LogP contribution is -2.21. The van der Waals surface area contributed by atoms with Crippen molar-refractivity contribution in [3.63, 3.8) is 0 Å². The molecule has 0 fully saturated rings. The van der Waals surface area contributed by atoms with Crippen molar-refractivity contribution in [3.05, 3.63) is 15.5 Å². The van der Waals surface area contributed by atoms with Crippen LogP contribution in [0, 0.1) is 11.8 Å². The number of aromatic nitrogens is 3. The third-order valence-corrected chi connectivity index (χ3v) is 4.03. The fourth-order valence-corrected chi connectivity index (χ4v) is 2.84. The minimum atomic E-state index is 0.295. The zero-order valence-electron chi connectivity index (χ0n) is 10.7. The number of aromatic amines is 1. The molecule has 0 amide bonds. The lowest BCUT2D eigenvalue weighted by Gasteiger charge is -2.15. The Morgan fingerprint density at radius 2 is 2.11 bits per heavy atom. The minimum absolute atomic E-state index is 0.295. The van der Waals surface area contributed by atoms with E-state index in [4.69, 9.17) is 16.6 Å². The van der Waals surface area contributed by atoms with E-state index in [1.165, 1.54) is 0 Å². The van der Waals surface area contributed by atoms with Crippen molar-refractivity contribution in [2.24, 2.45) is 0 Å². The molecular formula is C11H16N4OS2. The molecule has 7 heteroatoms. The van der Waals surface area contributed by atoms with Crippen molar-refractivity contribution < 1.29 is 4.42 Å². The number of thiazole rings is 1. The summed E-state index contributed by atoms with van der Waals surface area (Å²) >= 11 is 6.49. The van der Waals surface area contributed by atoms with Crippen molar-refractivity contribution >= 4 is 23.6 Å². The summed E-state index contributed by atoms with van der Waals surface area (Å²) in [4.78, 5) is 8.13. The summed E-state index contributed by atoms with van der Waals surface area (Å²) in [5, 5.41) is 7.75. The number of hydrogen-bond acceptors (Lipinski definition) is 6. The topological polar surface area (TPSA) is 58.0 Å². The third kappa shape index (κ3) is 2.85. The zero-order chi connectivity index (χ0) is 13.1. The van der Waals surface area contributed by atoms with Gasteiger partial charge in [-0.05, 0) is 32.2 Å². The standard InChI is InChI=1S/C11H16N4OS2/c1-4-15(5-2)6-8-12-7(3)9(18-8)10-13-14-11(17)16-10/h4-6H2,1-3H3,(H,14,17). The summed E-state index contributed by atoms with van der Waals surface area (Å²) < 4.78 is 5.33. The van der Waals surface area contributed by atoms with Crippen LogP contribution in [0.1, 0.15) is 24.5 Å². The second-order valence-electron chi connectivity index (χ2n) is 3.90. The second kappa shape index (κ2) is 5.73. The molecule has 0 spiro atoms. The van der Waals surface area contributed by atoms with Gasteiger partial charge < -0.3 is 4.42 Å². The Bertz CT molecular complexity index is 568. The molecule has 0 aliphatic carbocycles. The molecule has 0 saturated carbocycles. The molecule has 0 aliphatic heterocycles. The number of hydrogen-bond donors (Lipinski definition) is 1. The van der Waals surface area contributed by atoms with Gasteiger partial charge in [0.05, 0.1) is 12.2 Å². The highest BCUT2D eigenvalue weighted by molar-refractivity contribution is 7.71. The number of H-pyrrole nitrogens is 1. The first-order valence-corrected chi connectivity index (χ1v) is 7.11. The maximum absolute atomic E-state index is 5.33. The van der Waals surface area contributed by atoms with Crippen LogP contribution in [0.5, 0.6) is 0 Å². The van der Waals surface area contributed by atoms with Crippen LogP contribution in [0.25, 0.3) is 10.8 Å². The molecule has 1 N–H and O–H groups in total. The van der Waals surface area contributed by atoms with Crippen LogP contribution in [0.3, 0.4) is 0 Å². The van der Waals surface area contributed by atoms with E-state index in [2.05, 4.69) is 33.9 Å². The van der Waals surface area contributed by atoms with Crippen LogP contribution >= 0.6 is 23.6 Å². The summed E-state index contributed by atoms with van der Waals surface area (Å²) in [5.41, 5.74) is 0.937. The predicted molar refractivity (Wildman–Crippen MR) is 74.2 cm³/mol. The van der Waals surface area contributed by atoms with Crippen molar-refractivity contribution in [1.29, 1.82) is 0 Å². The molecule has 98 valence electrons. The molecule has 5 nitrogen and oxygen atoms in total. The zero-order valence-corrected chi connectivity index (χ0v) is 12.3. The Morgan fingerprint density at radius 1 is 1.39 bits per heavy atom. The van der Waals surface area contributed by atoms with Gasteiger partial charge in [-0.15, -0.1) is 16.4 Å². The highest BCUT2D eigenvalue weighted by atomic mass is 32.1. The van der Waals surface area contributed by atoms with E-state index in [9.17, 15) is 0 Å². The Hall–Kier alpha value is -1.05. The summed E-state index contributed by atoms with van der Waals surface area (Å²) in [6.07, 6.45) is 0. The molecule has 18 heavy (non-hydrogen) atoms. The highest BCUT2D eigenvalue weighted by Crippen LogP contribution is 2.29. The molecule has 2 heterocycles. The lowest BCUT2D eigenvalue weighted by atomic mass is 10.4. The van der Waals surface area contributed by atoms with Crippen LogP contribution in [0.2, 0.25) is 0 Å². The van der Waals surface area contributed by atoms with Gasteiger partial charge in [0, 0.05) is 0 Å². The van der Waals surface area contributed by atoms with Crippen LogP contribution in [0.15, 0.2) is 4.42 Å². The first kappa shape index (κ1) is 13.4. The molecule has 0 bridgehead atoms. The molecule has 0 aromatic carbocycles. The van der Waals surface area contributed by atoms with E-state index >= 15 is 0 Å². The molecule has 0 unspecified atom stereocenters. The van der Waals surface area contributed by atoms with Gasteiger partial charge in [0.15, 0.2) is 0 Å². The van der Waals surface area contributed by atoms with Gasteiger partial charge in [-0.3, -0.25) is 4.90 Å². The summed E-state index contributed by atoms with van der Waals surface area (Å²) in [5.74, 6) is 0.529. The quantitative estimate of drug-likeness (QED) is 0.855. The number of nitrogens with zero attached hydrogens (tertiary/aromatic N) is 3. The smallest absolute Gasteiger partial charge is 0.284 e. The normalized spacial score (nSPS) is 11.3. The van der Waals surface area contributed by atoms with E-state index in [-0.39, 0.29) is 0 Å². The van der Waals surface area contributed by atoms with E-state index in [1.807, 2.05) is 6.92 Å². The number of rotatable bonds is 5. The van der Waals surface area contributed by atoms with E-state index < -0.39 is 0 Å². The van der Waals surface area contributed by atoms with Gasteiger partial charge >= 0.3 is 0 Å². The largest absolute Gasteiger partial charge is 0.408 e. The molecule has 0 radical (unpaired) electrons. The summed E-state index contributed by atoms with van der Waals surface area (Å²) in [7, 11) is 0. The number of nitrogens with one attached hydrogen (secondary N) is 1. The average Bonchev–Trinajstić information content (AvgIpc) is 2.92. The van der Waals surface area contributed by atoms with Crippen molar-refractivity contribution in [1.82, 2.24) is 20.1 Å². The van der Waals surface area contributed by atoms with Crippen molar-refractivity contribution in [2.75, 3.05) is 13.1 Å². The first-order valence-electron chi connectivity index (χ1n) is 5.88. The Labute approximate surface area is 115 Å². The third-order valence-electron chi connectivity index (χ3n) is 2.73. The molecule has 2 aromatic heterocycles. The molecule has 2 aromatic rings. The monoisotopic (exact) mass is 284 g/mol. The lowest BCUT2D eigenvalue weighted by molar-refractivity contribution is 0.295. The van der Waals surface area contributed by atoms with Gasteiger partial charge in [0.25, 0.3) is 10.7 Å². The van der Waals surface area contributed by atoms with Gasteiger partial charge in [0.1, 0.15) is 9.88 Å². The van der Waals surface area contributed by atoms with Crippen molar-refractivity contribution in [2.45, 2.75) is 27.3 Å². The summed E-state index contributed by atoms with van der Waals surface area (Å²) in [6, 6.07) is 0. The molecule has 0 atom stereocenters. The molecule has 0 aliphatic rings.